The summed E-state index contributed by atoms with van der Waals surface area (Å²) in [4.78, 5) is 21.5. The van der Waals surface area contributed by atoms with Gasteiger partial charge in [0.1, 0.15) is 5.69 Å². The number of esters is 1. The first-order valence-electron chi connectivity index (χ1n) is 8.79. The Balaban J connectivity index is 1.81. The van der Waals surface area contributed by atoms with Crippen LogP contribution in [-0.4, -0.2) is 22.5 Å². The van der Waals surface area contributed by atoms with Gasteiger partial charge in [0.15, 0.2) is 0 Å². The molecule has 2 heterocycles. The second-order valence-electron chi connectivity index (χ2n) is 6.35. The van der Waals surface area contributed by atoms with Gasteiger partial charge >= 0.3 is 5.97 Å². The van der Waals surface area contributed by atoms with Crippen molar-refractivity contribution in [3.05, 3.63) is 46.4 Å². The van der Waals surface area contributed by atoms with Gasteiger partial charge < -0.3 is 4.74 Å². The van der Waals surface area contributed by atoms with E-state index in [1.807, 2.05) is 30.3 Å². The van der Waals surface area contributed by atoms with E-state index in [1.54, 1.807) is 18.3 Å². The Hall–Kier alpha value is -2.27. The molecular weight excluding hydrogens is 332 g/mol. The number of hydrogen-bond donors (Lipinski definition) is 0. The van der Waals surface area contributed by atoms with Crippen molar-refractivity contribution in [1.82, 2.24) is 9.97 Å². The summed E-state index contributed by atoms with van der Waals surface area (Å²) in [6.07, 6.45) is 5.06. The molecule has 3 aromatic rings. The minimum absolute atomic E-state index is 0.338. The number of para-hydroxylation sites is 1. The number of carbonyl (C=O) groups excluding carboxylic acids is 1. The van der Waals surface area contributed by atoms with Gasteiger partial charge in [0.05, 0.1) is 22.8 Å². The molecule has 0 radical (unpaired) electrons. The molecule has 1 aliphatic carbocycles. The molecule has 0 saturated heterocycles. The second-order valence-corrected chi connectivity index (χ2v) is 7.23. The van der Waals surface area contributed by atoms with Gasteiger partial charge in [-0.2, -0.15) is 0 Å². The SMILES string of the molecule is CCOC(=O)c1cc(-c2csc(C3CCCC3)n2)c2ccccc2n1. The molecule has 1 aliphatic rings. The number of nitrogens with zero attached hydrogens (tertiary/aromatic N) is 2. The van der Waals surface area contributed by atoms with E-state index in [-0.39, 0.29) is 5.97 Å². The Morgan fingerprint density at radius 1 is 1.24 bits per heavy atom. The Bertz CT molecular complexity index is 913. The van der Waals surface area contributed by atoms with E-state index in [0.29, 0.717) is 18.2 Å². The second kappa shape index (κ2) is 6.92. The summed E-state index contributed by atoms with van der Waals surface area (Å²) in [7, 11) is 0. The van der Waals surface area contributed by atoms with Gasteiger partial charge in [-0.15, -0.1) is 11.3 Å². The van der Waals surface area contributed by atoms with Crippen LogP contribution in [0.5, 0.6) is 0 Å². The molecule has 1 saturated carbocycles. The molecule has 128 valence electrons. The zero-order valence-corrected chi connectivity index (χ0v) is 15.0. The number of hydrogen-bond acceptors (Lipinski definition) is 5. The summed E-state index contributed by atoms with van der Waals surface area (Å²) in [6, 6.07) is 9.68. The van der Waals surface area contributed by atoms with Crippen LogP contribution in [0.2, 0.25) is 0 Å². The van der Waals surface area contributed by atoms with Crippen LogP contribution in [0.1, 0.15) is 54.0 Å². The van der Waals surface area contributed by atoms with Crippen molar-refractivity contribution in [2.75, 3.05) is 6.61 Å². The highest BCUT2D eigenvalue weighted by molar-refractivity contribution is 7.10. The fourth-order valence-electron chi connectivity index (χ4n) is 3.47. The molecule has 0 aliphatic heterocycles. The summed E-state index contributed by atoms with van der Waals surface area (Å²) in [5, 5.41) is 4.33. The molecule has 2 aromatic heterocycles. The van der Waals surface area contributed by atoms with Crippen LogP contribution in [0.4, 0.5) is 0 Å². The average Bonchev–Trinajstić information content (AvgIpc) is 3.32. The van der Waals surface area contributed by atoms with E-state index in [1.165, 1.54) is 30.7 Å². The summed E-state index contributed by atoms with van der Waals surface area (Å²) in [5.41, 5.74) is 3.01. The number of ether oxygens (including phenoxy) is 1. The molecule has 0 amide bonds. The first-order valence-corrected chi connectivity index (χ1v) is 9.67. The number of fused-ring (bicyclic) bond motifs is 1. The fraction of sp³-hybridized carbons (Fsp3) is 0.350. The zero-order chi connectivity index (χ0) is 17.2. The standard InChI is InChI=1S/C20H20N2O2S/c1-2-24-20(23)17-11-15(14-9-5-6-10-16(14)21-17)18-12-25-19(22-18)13-7-3-4-8-13/h5-6,9-13H,2-4,7-8H2,1H3. The van der Waals surface area contributed by atoms with Crippen molar-refractivity contribution in [3.63, 3.8) is 0 Å². The molecule has 0 spiro atoms. The normalized spacial score (nSPS) is 14.9. The highest BCUT2D eigenvalue weighted by atomic mass is 32.1. The van der Waals surface area contributed by atoms with Crippen LogP contribution >= 0.6 is 11.3 Å². The van der Waals surface area contributed by atoms with E-state index in [9.17, 15) is 4.79 Å². The number of pyridine rings is 1. The lowest BCUT2D eigenvalue weighted by molar-refractivity contribution is 0.0520. The van der Waals surface area contributed by atoms with E-state index in [0.717, 1.165) is 22.2 Å². The zero-order valence-electron chi connectivity index (χ0n) is 14.2. The summed E-state index contributed by atoms with van der Waals surface area (Å²) in [6.45, 7) is 2.14. The third-order valence-corrected chi connectivity index (χ3v) is 5.71. The lowest BCUT2D eigenvalue weighted by atomic mass is 10.0. The summed E-state index contributed by atoms with van der Waals surface area (Å²) >= 11 is 1.73. The highest BCUT2D eigenvalue weighted by Crippen LogP contribution is 2.38. The van der Waals surface area contributed by atoms with Crippen LogP contribution in [0.3, 0.4) is 0 Å². The number of rotatable bonds is 4. The maximum atomic E-state index is 12.2. The number of thiazole rings is 1. The monoisotopic (exact) mass is 352 g/mol. The minimum atomic E-state index is -0.388. The summed E-state index contributed by atoms with van der Waals surface area (Å²) in [5.74, 6) is 0.206. The van der Waals surface area contributed by atoms with Crippen molar-refractivity contribution in [3.8, 4) is 11.3 Å². The van der Waals surface area contributed by atoms with Gasteiger partial charge in [0, 0.05) is 22.2 Å². The predicted molar refractivity (Wildman–Crippen MR) is 100 cm³/mol. The highest BCUT2D eigenvalue weighted by Gasteiger charge is 2.21. The molecule has 4 rings (SSSR count). The van der Waals surface area contributed by atoms with Crippen LogP contribution in [0.25, 0.3) is 22.2 Å². The van der Waals surface area contributed by atoms with Gasteiger partial charge in [-0.1, -0.05) is 31.0 Å². The number of aromatic nitrogens is 2. The van der Waals surface area contributed by atoms with Crippen molar-refractivity contribution in [2.45, 2.75) is 38.5 Å². The largest absolute Gasteiger partial charge is 0.461 e. The van der Waals surface area contributed by atoms with Crippen molar-refractivity contribution in [2.24, 2.45) is 0 Å². The Labute approximate surface area is 150 Å². The Morgan fingerprint density at radius 2 is 2.04 bits per heavy atom. The first kappa shape index (κ1) is 16.2. The van der Waals surface area contributed by atoms with Crippen molar-refractivity contribution in [1.29, 1.82) is 0 Å². The molecule has 0 atom stereocenters. The molecule has 1 aromatic carbocycles. The van der Waals surface area contributed by atoms with E-state index >= 15 is 0 Å². The quantitative estimate of drug-likeness (QED) is 0.606. The van der Waals surface area contributed by atoms with Crippen LogP contribution < -0.4 is 0 Å². The predicted octanol–water partition coefficient (Wildman–Crippen LogP) is 5.19. The third kappa shape index (κ3) is 3.16. The maximum absolute atomic E-state index is 12.2. The van der Waals surface area contributed by atoms with Gasteiger partial charge in [-0.05, 0) is 31.9 Å². The fourth-order valence-corrected chi connectivity index (χ4v) is 4.46. The smallest absolute Gasteiger partial charge is 0.356 e. The van der Waals surface area contributed by atoms with Crippen LogP contribution in [0.15, 0.2) is 35.7 Å². The van der Waals surface area contributed by atoms with Crippen LogP contribution in [0, 0.1) is 0 Å². The number of carbonyl (C=O) groups is 1. The molecule has 1 fully saturated rings. The van der Waals surface area contributed by atoms with E-state index in [2.05, 4.69) is 10.4 Å². The van der Waals surface area contributed by atoms with Gasteiger partial charge in [-0.3, -0.25) is 0 Å². The Morgan fingerprint density at radius 3 is 2.84 bits per heavy atom. The van der Waals surface area contributed by atoms with Crippen molar-refractivity contribution < 1.29 is 9.53 Å². The molecular formula is C20H20N2O2S. The lowest BCUT2D eigenvalue weighted by Gasteiger charge is -2.08. The van der Waals surface area contributed by atoms with E-state index in [4.69, 9.17) is 9.72 Å². The minimum Gasteiger partial charge on any atom is -0.461 e. The van der Waals surface area contributed by atoms with Gasteiger partial charge in [0.25, 0.3) is 0 Å². The molecule has 0 unspecified atom stereocenters. The molecule has 0 N–H and O–H groups in total. The molecule has 0 bridgehead atoms. The van der Waals surface area contributed by atoms with E-state index < -0.39 is 0 Å². The Kier molecular flexibility index (Phi) is 4.49. The molecule has 5 heteroatoms. The average molecular weight is 352 g/mol. The van der Waals surface area contributed by atoms with Crippen molar-refractivity contribution >= 4 is 28.2 Å². The number of benzene rings is 1. The van der Waals surface area contributed by atoms with Gasteiger partial charge in [0.2, 0.25) is 0 Å². The summed E-state index contributed by atoms with van der Waals surface area (Å²) < 4.78 is 5.13. The topological polar surface area (TPSA) is 52.1 Å². The first-order chi connectivity index (χ1) is 12.3. The lowest BCUT2D eigenvalue weighted by Crippen LogP contribution is -2.07. The third-order valence-electron chi connectivity index (χ3n) is 4.70. The maximum Gasteiger partial charge on any atom is 0.356 e. The molecule has 4 nitrogen and oxygen atoms in total. The molecule has 25 heavy (non-hydrogen) atoms. The van der Waals surface area contributed by atoms with Crippen LogP contribution in [-0.2, 0) is 4.74 Å². The van der Waals surface area contributed by atoms with Gasteiger partial charge in [-0.25, -0.2) is 14.8 Å².